The molecule has 10 aromatic rings. The number of rotatable bonds is 4. The van der Waals surface area contributed by atoms with Crippen molar-refractivity contribution in [2.24, 2.45) is 0 Å². The second kappa shape index (κ2) is 11.6. The number of hydrogen-bond donors (Lipinski definition) is 0. The molecule has 0 spiro atoms. The Morgan fingerprint density at radius 1 is 0.220 bits per heavy atom. The predicted octanol–water partition coefficient (Wildman–Crippen LogP) is 14.1. The molecule has 0 fully saturated rings. The molecule has 0 heteroatoms. The third-order valence-corrected chi connectivity index (χ3v) is 7.94. The minimum atomic E-state index is -1.13. The van der Waals surface area contributed by atoms with Gasteiger partial charge in [0.15, 0.2) is 0 Å². The average Bonchev–Trinajstić information content (AvgIpc) is 0.841. The maximum atomic E-state index is 9.84. The fourth-order valence-corrected chi connectivity index (χ4v) is 5.72. The van der Waals surface area contributed by atoms with Crippen LogP contribution < -0.4 is 0 Å². The Morgan fingerprint density at radius 2 is 0.600 bits per heavy atom. The van der Waals surface area contributed by atoms with E-state index in [1.165, 1.54) is 0 Å². The van der Waals surface area contributed by atoms with E-state index in [2.05, 4.69) is 0 Å². The number of benzene rings is 10. The van der Waals surface area contributed by atoms with Crippen molar-refractivity contribution in [3.63, 3.8) is 0 Å². The van der Waals surface area contributed by atoms with Gasteiger partial charge in [0, 0.05) is 0 Å². The van der Waals surface area contributed by atoms with Crippen LogP contribution in [0, 0.1) is 0 Å². The van der Waals surface area contributed by atoms with E-state index in [1.807, 2.05) is 0 Å². The standard InChI is InChI=1S/C50H32/c1-2-10-33(11-3-1)39-26-28-43-40(31-39)24-25-41-32-42(27-29-44(41)43)50-47-16-8-6-14-45(47)49(46-15-7-9-17-48(46)50)36-21-18-35(19-22-36)38-23-20-34-12-4-5-13-37(34)30-38/h1-32H/i1D,2D,3D,4D,5D,6D,7D,8D,9D,10D,11D,12D,13D,14D,15D,16D,17D,18D,19D,20D,21D,22D,23D,24D,25D,26D,27D,28D,29D,30D,31D,32D. The molecular weight excluding hydrogens is 601 g/mol. The van der Waals surface area contributed by atoms with Crippen molar-refractivity contribution in [3.8, 4) is 44.5 Å². The molecule has 0 unspecified atom stereocenters. The molecule has 0 aliphatic rings. The summed E-state index contributed by atoms with van der Waals surface area (Å²) in [5.41, 5.74) is -6.50. The molecule has 0 radical (unpaired) electrons. The maximum absolute atomic E-state index is 9.84. The first-order valence-corrected chi connectivity index (χ1v) is 14.8. The van der Waals surface area contributed by atoms with Gasteiger partial charge in [-0.15, -0.1) is 0 Å². The highest BCUT2D eigenvalue weighted by Gasteiger charge is 2.17. The van der Waals surface area contributed by atoms with E-state index >= 15 is 0 Å². The Bertz CT molecular complexity index is 4620. The van der Waals surface area contributed by atoms with E-state index in [0.717, 1.165) is 0 Å². The van der Waals surface area contributed by atoms with Crippen molar-refractivity contribution in [1.82, 2.24) is 0 Å². The molecule has 0 aliphatic heterocycles. The molecule has 10 aromatic carbocycles. The zero-order chi connectivity index (χ0) is 60.9. The quantitative estimate of drug-likeness (QED) is 0.130. The molecule has 0 heterocycles. The van der Waals surface area contributed by atoms with E-state index < -0.39 is 292 Å². The summed E-state index contributed by atoms with van der Waals surface area (Å²) in [6, 6.07) is -31.2. The monoisotopic (exact) mass is 664 g/mol. The molecule has 0 nitrogen and oxygen atoms in total. The normalized spacial score (nSPS) is 20.6. The van der Waals surface area contributed by atoms with Crippen LogP contribution in [-0.4, -0.2) is 0 Å². The largest absolute Gasteiger partial charge is 0.0636 e. The highest BCUT2D eigenvalue weighted by molar-refractivity contribution is 6.22. The Morgan fingerprint density at radius 3 is 1.22 bits per heavy atom. The molecule has 50 heavy (non-hydrogen) atoms. The van der Waals surface area contributed by atoms with Gasteiger partial charge in [0.25, 0.3) is 0 Å². The maximum Gasteiger partial charge on any atom is 0.0636 e. The first-order valence-electron chi connectivity index (χ1n) is 30.8. The molecule has 10 rings (SSSR count). The van der Waals surface area contributed by atoms with Gasteiger partial charge in [0.05, 0.1) is 43.9 Å². The van der Waals surface area contributed by atoms with Crippen LogP contribution in [-0.2, 0) is 0 Å². The minimum Gasteiger partial charge on any atom is -0.0622 e. The van der Waals surface area contributed by atoms with Gasteiger partial charge in [-0.05, 0) is 116 Å². The zero-order valence-corrected chi connectivity index (χ0v) is 25.0. The van der Waals surface area contributed by atoms with E-state index in [0.29, 0.717) is 0 Å². The van der Waals surface area contributed by atoms with E-state index in [-0.39, 0.29) is 0 Å². The lowest BCUT2D eigenvalue weighted by Gasteiger charge is -2.18. The van der Waals surface area contributed by atoms with Crippen LogP contribution in [0.5, 0.6) is 0 Å². The second-order valence-corrected chi connectivity index (χ2v) is 10.8. The van der Waals surface area contributed by atoms with E-state index in [1.54, 1.807) is 0 Å². The number of hydrogen-bond acceptors (Lipinski definition) is 0. The smallest absolute Gasteiger partial charge is 0.0622 e. The third kappa shape index (κ3) is 4.69. The van der Waals surface area contributed by atoms with Crippen LogP contribution in [0.4, 0.5) is 0 Å². The lowest BCUT2D eigenvalue weighted by atomic mass is 9.85. The fourth-order valence-electron chi connectivity index (χ4n) is 5.72. The van der Waals surface area contributed by atoms with Gasteiger partial charge in [-0.2, -0.15) is 0 Å². The molecule has 0 atom stereocenters. The molecule has 0 saturated carbocycles. The lowest BCUT2D eigenvalue weighted by molar-refractivity contribution is 1.63. The van der Waals surface area contributed by atoms with Crippen molar-refractivity contribution in [2.75, 3.05) is 0 Å². The van der Waals surface area contributed by atoms with Gasteiger partial charge in [-0.25, -0.2) is 0 Å². The Balaban J connectivity index is 1.40. The van der Waals surface area contributed by atoms with Crippen LogP contribution in [0.1, 0.15) is 43.9 Å². The minimum absolute atomic E-state index is 0.560. The van der Waals surface area contributed by atoms with Gasteiger partial charge < -0.3 is 0 Å². The van der Waals surface area contributed by atoms with E-state index in [4.69, 9.17) is 23.3 Å². The molecule has 0 aromatic heterocycles. The SMILES string of the molecule is [2H]c1c([2H])c([2H])c(-c2c([2H])c([2H])c3c(c2[2H])c([2H])c([2H])c2c([2H])c(-c4c5c([2H])c([2H])c([2H])c([2H])c5c(-c5c([2H])c([2H])c(-c6c([2H])c([2H])c7c([2H])c([2H])c([2H])c([2H])c7c6[2H])c([2H])c5[2H])c5c([2H])c([2H])c([2H])c([2H])c45)c([2H])c([2H])c23)c([2H])c1[2H]. The van der Waals surface area contributed by atoms with Crippen molar-refractivity contribution in [2.45, 2.75) is 0 Å². The lowest BCUT2D eigenvalue weighted by Crippen LogP contribution is -1.91. The van der Waals surface area contributed by atoms with Crippen LogP contribution in [0.2, 0.25) is 0 Å². The topological polar surface area (TPSA) is 0 Å². The Labute approximate surface area is 336 Å². The summed E-state index contributed by atoms with van der Waals surface area (Å²) in [6.07, 6.45) is 0. The van der Waals surface area contributed by atoms with Crippen LogP contribution >= 0.6 is 0 Å². The number of fused-ring (bicyclic) bond motifs is 6. The summed E-state index contributed by atoms with van der Waals surface area (Å²) in [5.74, 6) is 0. The first-order chi connectivity index (χ1) is 38.1. The molecule has 0 bridgehead atoms. The fraction of sp³-hybridized carbons (Fsp3) is 0. The highest BCUT2D eigenvalue weighted by atomic mass is 14.2. The molecular formula is C50H32. The van der Waals surface area contributed by atoms with Gasteiger partial charge in [-0.1, -0.05) is 175 Å². The highest BCUT2D eigenvalue weighted by Crippen LogP contribution is 2.45. The Hall–Kier alpha value is -6.50. The summed E-state index contributed by atoms with van der Waals surface area (Å²) in [5, 5.41) is -7.19. The van der Waals surface area contributed by atoms with Crippen molar-refractivity contribution in [1.29, 1.82) is 0 Å². The molecule has 0 aliphatic carbocycles. The first kappa shape index (κ1) is 11.0. The van der Waals surface area contributed by atoms with Crippen LogP contribution in [0.3, 0.4) is 0 Å². The molecule has 0 saturated heterocycles. The molecule has 0 amide bonds. The van der Waals surface area contributed by atoms with Crippen molar-refractivity contribution in [3.05, 3.63) is 193 Å². The molecule has 0 N–H and O–H groups in total. The molecule has 232 valence electrons. The van der Waals surface area contributed by atoms with Gasteiger partial charge in [0.2, 0.25) is 0 Å². The van der Waals surface area contributed by atoms with Crippen molar-refractivity contribution < 1.29 is 43.9 Å². The van der Waals surface area contributed by atoms with Crippen LogP contribution in [0.25, 0.3) is 98.4 Å². The van der Waals surface area contributed by atoms with Gasteiger partial charge in [0.1, 0.15) is 0 Å². The summed E-state index contributed by atoms with van der Waals surface area (Å²) in [6.45, 7) is 0. The summed E-state index contributed by atoms with van der Waals surface area (Å²) in [7, 11) is 0. The zero-order valence-electron chi connectivity index (χ0n) is 57.0. The van der Waals surface area contributed by atoms with Crippen molar-refractivity contribution >= 4 is 53.9 Å². The van der Waals surface area contributed by atoms with Gasteiger partial charge in [-0.3, -0.25) is 0 Å². The second-order valence-electron chi connectivity index (χ2n) is 10.8. The van der Waals surface area contributed by atoms with Crippen LogP contribution in [0.15, 0.2) is 193 Å². The summed E-state index contributed by atoms with van der Waals surface area (Å²) < 4.78 is 288. The predicted molar refractivity (Wildman–Crippen MR) is 216 cm³/mol. The summed E-state index contributed by atoms with van der Waals surface area (Å²) in [4.78, 5) is 0. The average molecular weight is 665 g/mol. The van der Waals surface area contributed by atoms with E-state index in [9.17, 15) is 20.6 Å². The Kier molecular flexibility index (Phi) is 2.55. The third-order valence-electron chi connectivity index (χ3n) is 7.94. The summed E-state index contributed by atoms with van der Waals surface area (Å²) >= 11 is 0. The van der Waals surface area contributed by atoms with Gasteiger partial charge >= 0.3 is 0 Å².